The Morgan fingerprint density at radius 2 is 1.83 bits per heavy atom. The number of ether oxygens (including phenoxy) is 2. The Kier molecular flexibility index (Phi) is 6.76. The molecule has 0 saturated carbocycles. The molecule has 2 saturated heterocycles. The van der Waals surface area contributed by atoms with E-state index in [0.29, 0.717) is 0 Å². The van der Waals surface area contributed by atoms with Crippen LogP contribution in [-0.2, 0) is 18.6 Å². The minimum atomic E-state index is -4.88. The largest absolute Gasteiger partial charge is 0.394 e. The van der Waals surface area contributed by atoms with E-state index in [0.717, 1.165) is 10.9 Å². The van der Waals surface area contributed by atoms with Gasteiger partial charge in [-0.15, -0.1) is 0 Å². The average Bonchev–Trinajstić information content (AvgIpc) is 3.68. The number of hydrogen-bond donors (Lipinski definition) is 9. The molecule has 0 radical (unpaired) electrons. The zero-order chi connectivity index (χ0) is 29.2. The molecule has 4 aromatic heterocycles. The van der Waals surface area contributed by atoms with Gasteiger partial charge in [-0.25, -0.2) is 15.0 Å². The van der Waals surface area contributed by atoms with Crippen LogP contribution in [-0.4, -0.2) is 114 Å². The first-order chi connectivity index (χ1) is 19.5. The maximum absolute atomic E-state index is 13.5. The lowest BCUT2D eigenvalue weighted by atomic mass is 10.1. The number of anilines is 2. The number of aliphatic hydroxyl groups excluding tert-OH is 4. The lowest BCUT2D eigenvalue weighted by Crippen LogP contribution is -2.36. The molecule has 2 fully saturated rings. The van der Waals surface area contributed by atoms with Gasteiger partial charge in [-0.2, -0.15) is 10.1 Å². The van der Waals surface area contributed by atoms with E-state index in [2.05, 4.69) is 35.1 Å². The molecule has 220 valence electrons. The molecule has 2 unspecified atom stereocenters. The van der Waals surface area contributed by atoms with E-state index in [1.165, 1.54) is 6.33 Å². The van der Waals surface area contributed by atoms with Gasteiger partial charge in [0.05, 0.1) is 25.2 Å². The molecule has 4 aromatic rings. The van der Waals surface area contributed by atoms with E-state index in [1.54, 1.807) is 0 Å². The molecule has 0 aliphatic carbocycles. The van der Waals surface area contributed by atoms with Crippen LogP contribution in [0.4, 0.5) is 11.8 Å². The van der Waals surface area contributed by atoms with Crippen LogP contribution in [0.3, 0.4) is 0 Å². The molecule has 9 atom stereocenters. The summed E-state index contributed by atoms with van der Waals surface area (Å²) in [5.41, 5.74) is 9.43. The second kappa shape index (κ2) is 10.0. The number of nitrogens with one attached hydrogen (secondary N) is 2. The lowest BCUT2D eigenvalue weighted by molar-refractivity contribution is -0.0435. The minimum absolute atomic E-state index is 0.0767. The Hall–Kier alpha value is -3.59. The Morgan fingerprint density at radius 3 is 2.59 bits per heavy atom. The second-order valence-electron chi connectivity index (χ2n) is 9.53. The van der Waals surface area contributed by atoms with Gasteiger partial charge in [0, 0.05) is 0 Å². The Labute approximate surface area is 227 Å². The van der Waals surface area contributed by atoms with Gasteiger partial charge >= 0.3 is 7.60 Å². The van der Waals surface area contributed by atoms with Crippen LogP contribution in [0.5, 0.6) is 0 Å². The molecule has 2 aliphatic heterocycles. The van der Waals surface area contributed by atoms with Gasteiger partial charge in [-0.3, -0.25) is 24.0 Å². The van der Waals surface area contributed by atoms with Crippen LogP contribution in [0, 0.1) is 0 Å². The zero-order valence-electron chi connectivity index (χ0n) is 20.8. The van der Waals surface area contributed by atoms with Crippen LogP contribution < -0.4 is 17.0 Å². The van der Waals surface area contributed by atoms with E-state index in [9.17, 15) is 34.7 Å². The minimum Gasteiger partial charge on any atom is -0.394 e. The van der Waals surface area contributed by atoms with E-state index >= 15 is 0 Å². The molecule has 0 amide bonds. The molecule has 6 heterocycles. The highest BCUT2D eigenvalue weighted by Gasteiger charge is 2.56. The highest BCUT2D eigenvalue weighted by molar-refractivity contribution is 7.53. The van der Waals surface area contributed by atoms with Crippen LogP contribution >= 0.6 is 7.60 Å². The van der Waals surface area contributed by atoms with Crippen molar-refractivity contribution < 1.29 is 43.9 Å². The molecule has 21 heteroatoms. The number of aromatic nitrogens is 8. The zero-order valence-corrected chi connectivity index (χ0v) is 21.6. The third kappa shape index (κ3) is 4.45. The third-order valence-electron chi connectivity index (χ3n) is 7.08. The number of imidazole rings is 1. The quantitative estimate of drug-likeness (QED) is 0.0940. The van der Waals surface area contributed by atoms with Crippen LogP contribution in [0.15, 0.2) is 17.4 Å². The maximum Gasteiger partial charge on any atom is 0.338 e. The first-order valence-corrected chi connectivity index (χ1v) is 13.8. The average molecular weight is 596 g/mol. The fraction of sp³-hybridized carbons (Fsp3) is 0.500. The highest BCUT2D eigenvalue weighted by atomic mass is 31.2. The summed E-state index contributed by atoms with van der Waals surface area (Å²) in [7, 11) is -4.88. The number of aliphatic hydroxyl groups is 4. The molecule has 2 aliphatic rings. The SMILES string of the molecule is Nc1nc2c(ncn2C2O[C@H](CO)[C@@H](O)[C@H]2P(=O)(O)OC[C@H]2O[C@@H](c3[nH]nc4c(N)ncnc34)[C@H](O)[C@@H]2O)c(=O)[nH]1. The van der Waals surface area contributed by atoms with E-state index < -0.39 is 74.9 Å². The van der Waals surface area contributed by atoms with E-state index in [4.69, 9.17) is 25.5 Å². The van der Waals surface area contributed by atoms with Crippen molar-refractivity contribution in [1.82, 2.24) is 39.7 Å². The van der Waals surface area contributed by atoms with Crippen molar-refractivity contribution in [3.05, 3.63) is 28.7 Å². The van der Waals surface area contributed by atoms with Crippen LogP contribution in [0.2, 0.25) is 0 Å². The van der Waals surface area contributed by atoms with Crippen molar-refractivity contribution in [3.63, 3.8) is 0 Å². The van der Waals surface area contributed by atoms with Crippen molar-refractivity contribution in [3.8, 4) is 0 Å². The predicted octanol–water partition coefficient (Wildman–Crippen LogP) is -3.37. The van der Waals surface area contributed by atoms with Gasteiger partial charge in [0.15, 0.2) is 28.7 Å². The highest BCUT2D eigenvalue weighted by Crippen LogP contribution is 2.57. The number of nitrogens with two attached hydrogens (primary N) is 2. The van der Waals surface area contributed by atoms with Gasteiger partial charge < -0.3 is 50.8 Å². The second-order valence-corrected chi connectivity index (χ2v) is 11.5. The van der Waals surface area contributed by atoms with Gasteiger partial charge in [-0.05, 0) is 0 Å². The number of rotatable bonds is 7. The summed E-state index contributed by atoms with van der Waals surface area (Å²) in [5.74, 6) is -0.186. The van der Waals surface area contributed by atoms with Gasteiger partial charge in [-0.1, -0.05) is 0 Å². The number of H-pyrrole nitrogens is 2. The monoisotopic (exact) mass is 596 g/mol. The summed E-state index contributed by atoms with van der Waals surface area (Å²) >= 11 is 0. The normalized spacial score (nSPS) is 31.7. The van der Waals surface area contributed by atoms with E-state index in [1.807, 2.05) is 0 Å². The molecule has 0 bridgehead atoms. The number of nitrogens with zero attached hydrogens (tertiary/aromatic N) is 6. The third-order valence-corrected chi connectivity index (χ3v) is 8.92. The molecular weight excluding hydrogens is 571 g/mol. The molecule has 0 aromatic carbocycles. The summed E-state index contributed by atoms with van der Waals surface area (Å²) in [6.45, 7) is -1.43. The summed E-state index contributed by atoms with van der Waals surface area (Å²) in [6.07, 6.45) is -7.80. The van der Waals surface area contributed by atoms with Gasteiger partial charge in [0.1, 0.15) is 54.1 Å². The smallest absolute Gasteiger partial charge is 0.338 e. The number of hydrogen-bond acceptors (Lipinski definition) is 16. The topological polar surface area (TPSA) is 316 Å². The van der Waals surface area contributed by atoms with Gasteiger partial charge in [0.25, 0.3) is 5.56 Å². The summed E-state index contributed by atoms with van der Waals surface area (Å²) in [5, 5.41) is 48.5. The van der Waals surface area contributed by atoms with Crippen molar-refractivity contribution in [2.75, 3.05) is 24.7 Å². The first-order valence-electron chi connectivity index (χ1n) is 12.1. The maximum atomic E-state index is 13.5. The molecule has 41 heavy (non-hydrogen) atoms. The van der Waals surface area contributed by atoms with Crippen molar-refractivity contribution in [1.29, 1.82) is 0 Å². The molecule has 0 spiro atoms. The summed E-state index contributed by atoms with van der Waals surface area (Å²) in [4.78, 5) is 41.3. The fourth-order valence-electron chi connectivity index (χ4n) is 5.05. The van der Waals surface area contributed by atoms with Crippen LogP contribution in [0.25, 0.3) is 22.2 Å². The van der Waals surface area contributed by atoms with Crippen molar-refractivity contribution in [2.45, 2.75) is 48.5 Å². The Bertz CT molecular complexity index is 1710. The van der Waals surface area contributed by atoms with Crippen molar-refractivity contribution in [2.24, 2.45) is 0 Å². The summed E-state index contributed by atoms with van der Waals surface area (Å²) in [6, 6.07) is 0. The number of nitrogen functional groups attached to an aromatic ring is 2. The van der Waals surface area contributed by atoms with Crippen molar-refractivity contribution >= 4 is 41.6 Å². The number of fused-ring (bicyclic) bond motifs is 2. The molecular formula is C20H25N10O10P. The number of aromatic amines is 2. The molecule has 20 nitrogen and oxygen atoms in total. The fourth-order valence-corrected chi connectivity index (χ4v) is 6.70. The molecule has 6 rings (SSSR count). The van der Waals surface area contributed by atoms with E-state index in [-0.39, 0.29) is 39.7 Å². The van der Waals surface area contributed by atoms with Crippen LogP contribution in [0.1, 0.15) is 18.0 Å². The standard InChI is InChI=1S/C20H25N10O10P/c21-16-9-7(23-3-24-16)8(28-29-9)14-13(34)11(32)6(39-14)2-38-41(36,37)15-12(33)5(1-31)40-19(15)30-4-25-10-17(30)26-20(22)27-18(10)35/h3-6,11-15,19,31-34H,1-2H2,(H,28,29)(H,36,37)(H2,21,23,24)(H3,22,26,27,35)/t5-,6-,11-,12-,13-,14+,15-,19?/m1/s1. The lowest BCUT2D eigenvalue weighted by Gasteiger charge is -2.27. The predicted molar refractivity (Wildman–Crippen MR) is 135 cm³/mol. The Balaban J connectivity index is 1.25. The summed E-state index contributed by atoms with van der Waals surface area (Å²) < 4.78 is 31.4. The van der Waals surface area contributed by atoms with Gasteiger partial charge in [0.2, 0.25) is 5.95 Å². The first kappa shape index (κ1) is 27.6. The molecule has 11 N–H and O–H groups in total. The Morgan fingerprint density at radius 1 is 1.05 bits per heavy atom.